The maximum absolute atomic E-state index is 5.64. The molecule has 0 atom stereocenters. The van der Waals surface area contributed by atoms with Crippen LogP contribution in [-0.4, -0.2) is 19.9 Å². The topological polar surface area (TPSA) is 51.6 Å². The lowest BCUT2D eigenvalue weighted by molar-refractivity contribution is 1.13. The van der Waals surface area contributed by atoms with Gasteiger partial charge in [0, 0.05) is 24.2 Å². The molecule has 70 valence electrons. The molecule has 4 nitrogen and oxygen atoms in total. The SMILES string of the molecule is Clc1ncc(-c2ccnc(Cl)n2)cn1. The van der Waals surface area contributed by atoms with Crippen LogP contribution in [0.1, 0.15) is 0 Å². The molecule has 2 aromatic heterocycles. The molecule has 0 radical (unpaired) electrons. The molecule has 0 saturated heterocycles. The van der Waals surface area contributed by atoms with Crippen LogP contribution in [0.3, 0.4) is 0 Å². The zero-order valence-electron chi connectivity index (χ0n) is 6.85. The van der Waals surface area contributed by atoms with E-state index in [2.05, 4.69) is 19.9 Å². The molecule has 0 saturated carbocycles. The van der Waals surface area contributed by atoms with Gasteiger partial charge >= 0.3 is 0 Å². The molecule has 0 unspecified atom stereocenters. The van der Waals surface area contributed by atoms with Crippen molar-refractivity contribution in [3.63, 3.8) is 0 Å². The maximum Gasteiger partial charge on any atom is 0.222 e. The van der Waals surface area contributed by atoms with Gasteiger partial charge < -0.3 is 0 Å². The smallest absolute Gasteiger partial charge is 0.222 e. The average molecular weight is 227 g/mol. The minimum Gasteiger partial charge on any atom is -0.226 e. The lowest BCUT2D eigenvalue weighted by Crippen LogP contribution is -1.89. The normalized spacial score (nSPS) is 10.1. The molecule has 6 heteroatoms. The van der Waals surface area contributed by atoms with Crippen LogP contribution in [0.5, 0.6) is 0 Å². The van der Waals surface area contributed by atoms with Crippen LogP contribution in [0.2, 0.25) is 10.6 Å². The van der Waals surface area contributed by atoms with Gasteiger partial charge in [-0.15, -0.1) is 0 Å². The van der Waals surface area contributed by atoms with Crippen LogP contribution < -0.4 is 0 Å². The highest BCUT2D eigenvalue weighted by Crippen LogP contribution is 2.16. The molecule has 2 aromatic rings. The van der Waals surface area contributed by atoms with Gasteiger partial charge in [0.05, 0.1) is 5.69 Å². The third kappa shape index (κ3) is 1.97. The summed E-state index contributed by atoms with van der Waals surface area (Å²) in [5.41, 5.74) is 1.42. The van der Waals surface area contributed by atoms with Crippen LogP contribution >= 0.6 is 23.2 Å². The quantitative estimate of drug-likeness (QED) is 0.701. The predicted octanol–water partition coefficient (Wildman–Crippen LogP) is 2.24. The van der Waals surface area contributed by atoms with E-state index in [0.717, 1.165) is 5.56 Å². The molecule has 0 aliphatic heterocycles. The molecule has 0 spiro atoms. The first-order valence-corrected chi connectivity index (χ1v) is 4.48. The summed E-state index contributed by atoms with van der Waals surface area (Å²) in [5, 5.41) is 0.395. The Morgan fingerprint density at radius 1 is 0.929 bits per heavy atom. The highest BCUT2D eigenvalue weighted by Gasteiger charge is 2.01. The molecular weight excluding hydrogens is 223 g/mol. The molecule has 2 heterocycles. The van der Waals surface area contributed by atoms with Crippen molar-refractivity contribution in [1.29, 1.82) is 0 Å². The largest absolute Gasteiger partial charge is 0.226 e. The standard InChI is InChI=1S/C8H4Cl2N4/c9-7-12-3-5(4-13-7)6-1-2-11-8(10)14-6/h1-4H. The molecule has 0 amide bonds. The fraction of sp³-hybridized carbons (Fsp3) is 0. The van der Waals surface area contributed by atoms with Crippen LogP contribution in [0, 0.1) is 0 Å². The molecule has 2 rings (SSSR count). The Kier molecular flexibility index (Phi) is 2.56. The summed E-state index contributed by atoms with van der Waals surface area (Å²) in [6, 6.07) is 1.72. The summed E-state index contributed by atoms with van der Waals surface area (Å²) in [5.74, 6) is 0. The van der Waals surface area contributed by atoms with Crippen molar-refractivity contribution >= 4 is 23.2 Å². The number of nitrogens with zero attached hydrogens (tertiary/aromatic N) is 4. The lowest BCUT2D eigenvalue weighted by Gasteiger charge is -1.98. The van der Waals surface area contributed by atoms with Gasteiger partial charge in [0.15, 0.2) is 0 Å². The third-order valence-electron chi connectivity index (χ3n) is 1.54. The maximum atomic E-state index is 5.64. The predicted molar refractivity (Wildman–Crippen MR) is 53.1 cm³/mol. The second kappa shape index (κ2) is 3.86. The Labute approximate surface area is 90.0 Å². The van der Waals surface area contributed by atoms with Crippen LogP contribution in [0.4, 0.5) is 0 Å². The van der Waals surface area contributed by atoms with Gasteiger partial charge in [0.25, 0.3) is 0 Å². The van der Waals surface area contributed by atoms with Crippen LogP contribution in [-0.2, 0) is 0 Å². The Balaban J connectivity index is 2.44. The van der Waals surface area contributed by atoms with Crippen molar-refractivity contribution in [2.75, 3.05) is 0 Å². The van der Waals surface area contributed by atoms with Gasteiger partial charge in [-0.05, 0) is 29.3 Å². The second-order valence-electron chi connectivity index (χ2n) is 2.45. The Morgan fingerprint density at radius 3 is 2.29 bits per heavy atom. The Hall–Kier alpha value is -1.26. The van der Waals surface area contributed by atoms with E-state index >= 15 is 0 Å². The first-order chi connectivity index (χ1) is 6.75. The van der Waals surface area contributed by atoms with E-state index in [1.165, 1.54) is 0 Å². The van der Waals surface area contributed by atoms with Gasteiger partial charge in [-0.25, -0.2) is 19.9 Å². The fourth-order valence-electron chi connectivity index (χ4n) is 0.940. The molecule has 0 bridgehead atoms. The van der Waals surface area contributed by atoms with Crippen molar-refractivity contribution in [3.05, 3.63) is 35.2 Å². The lowest BCUT2D eigenvalue weighted by atomic mass is 10.2. The van der Waals surface area contributed by atoms with Gasteiger partial charge in [-0.1, -0.05) is 0 Å². The molecule has 14 heavy (non-hydrogen) atoms. The Bertz CT molecular complexity index is 443. The molecule has 0 aliphatic rings. The summed E-state index contributed by atoms with van der Waals surface area (Å²) >= 11 is 11.2. The monoisotopic (exact) mass is 226 g/mol. The van der Waals surface area contributed by atoms with E-state index in [9.17, 15) is 0 Å². The van der Waals surface area contributed by atoms with E-state index in [0.29, 0.717) is 5.69 Å². The molecule has 0 N–H and O–H groups in total. The highest BCUT2D eigenvalue weighted by molar-refractivity contribution is 6.28. The van der Waals surface area contributed by atoms with Crippen molar-refractivity contribution < 1.29 is 0 Å². The molecular formula is C8H4Cl2N4. The van der Waals surface area contributed by atoms with Crippen molar-refractivity contribution in [2.24, 2.45) is 0 Å². The second-order valence-corrected chi connectivity index (χ2v) is 3.13. The molecule has 0 fully saturated rings. The summed E-state index contributed by atoms with van der Waals surface area (Å²) in [4.78, 5) is 15.4. The first kappa shape index (κ1) is 9.30. The minimum absolute atomic E-state index is 0.192. The van der Waals surface area contributed by atoms with E-state index in [-0.39, 0.29) is 10.6 Å². The number of hydrogen-bond donors (Lipinski definition) is 0. The number of hydrogen-bond acceptors (Lipinski definition) is 4. The molecule has 0 aromatic carbocycles. The zero-order chi connectivity index (χ0) is 9.97. The van der Waals surface area contributed by atoms with Gasteiger partial charge in [-0.3, -0.25) is 0 Å². The third-order valence-corrected chi connectivity index (χ3v) is 1.92. The van der Waals surface area contributed by atoms with E-state index in [4.69, 9.17) is 23.2 Å². The zero-order valence-corrected chi connectivity index (χ0v) is 8.37. The number of rotatable bonds is 1. The summed E-state index contributed by atoms with van der Waals surface area (Å²) in [7, 11) is 0. The van der Waals surface area contributed by atoms with E-state index in [1.54, 1.807) is 24.7 Å². The van der Waals surface area contributed by atoms with E-state index in [1.807, 2.05) is 0 Å². The summed E-state index contributed by atoms with van der Waals surface area (Å²) < 4.78 is 0. The number of aromatic nitrogens is 4. The van der Waals surface area contributed by atoms with Gasteiger partial charge in [-0.2, -0.15) is 0 Å². The number of halogens is 2. The van der Waals surface area contributed by atoms with Crippen molar-refractivity contribution in [2.45, 2.75) is 0 Å². The highest BCUT2D eigenvalue weighted by atomic mass is 35.5. The van der Waals surface area contributed by atoms with Crippen LogP contribution in [0.25, 0.3) is 11.3 Å². The van der Waals surface area contributed by atoms with E-state index < -0.39 is 0 Å². The fourth-order valence-corrected chi connectivity index (χ4v) is 1.19. The summed E-state index contributed by atoms with van der Waals surface area (Å²) in [6.07, 6.45) is 4.72. The summed E-state index contributed by atoms with van der Waals surface area (Å²) in [6.45, 7) is 0. The van der Waals surface area contributed by atoms with Crippen molar-refractivity contribution in [3.8, 4) is 11.3 Å². The van der Waals surface area contributed by atoms with Crippen LogP contribution in [0.15, 0.2) is 24.7 Å². The Morgan fingerprint density at radius 2 is 1.64 bits per heavy atom. The molecule has 0 aliphatic carbocycles. The average Bonchev–Trinajstić information content (AvgIpc) is 2.19. The van der Waals surface area contributed by atoms with Gasteiger partial charge in [0.1, 0.15) is 0 Å². The van der Waals surface area contributed by atoms with Crippen molar-refractivity contribution in [1.82, 2.24) is 19.9 Å². The first-order valence-electron chi connectivity index (χ1n) is 3.72. The van der Waals surface area contributed by atoms with Gasteiger partial charge in [0.2, 0.25) is 10.6 Å². The minimum atomic E-state index is 0.192.